The molecule has 0 fully saturated rings. The molecule has 0 N–H and O–H groups in total. The van der Waals surface area contributed by atoms with E-state index in [1.165, 1.54) is 0 Å². The molecular formula is C4H2BrClO. The van der Waals surface area contributed by atoms with Gasteiger partial charge >= 0.3 is 0 Å². The van der Waals surface area contributed by atoms with Crippen LogP contribution in [0.1, 0.15) is 0 Å². The average molecular weight is 181 g/mol. The number of halogens is 2. The predicted octanol–water partition coefficient (Wildman–Crippen LogP) is 2.70. The first-order valence-corrected chi connectivity index (χ1v) is 2.87. The van der Waals surface area contributed by atoms with E-state index in [0.29, 0.717) is 9.89 Å². The van der Waals surface area contributed by atoms with Gasteiger partial charge in [-0.15, -0.1) is 0 Å². The molecule has 0 atom stereocenters. The third kappa shape index (κ3) is 1.21. The second-order valence-corrected chi connectivity index (χ2v) is 2.20. The second-order valence-electron chi connectivity index (χ2n) is 1.04. The van der Waals surface area contributed by atoms with Crippen molar-refractivity contribution in [2.24, 2.45) is 0 Å². The van der Waals surface area contributed by atoms with E-state index in [1.807, 2.05) is 0 Å². The molecule has 1 nitrogen and oxygen atoms in total. The maximum Gasteiger partial charge on any atom is 0.194 e. The Bertz CT molecular complexity index is 144. The molecule has 0 spiro atoms. The molecule has 0 aromatic carbocycles. The third-order valence-corrected chi connectivity index (χ3v) is 1.17. The average Bonchev–Trinajstić information content (AvgIpc) is 1.87. The summed E-state index contributed by atoms with van der Waals surface area (Å²) in [5.74, 6) is 0. The molecule has 3 heteroatoms. The molecule has 0 saturated heterocycles. The van der Waals surface area contributed by atoms with Crippen LogP contribution in [0.15, 0.2) is 21.2 Å². The van der Waals surface area contributed by atoms with Crippen LogP contribution in [-0.4, -0.2) is 0 Å². The molecule has 0 unspecified atom stereocenters. The van der Waals surface area contributed by atoms with E-state index >= 15 is 0 Å². The van der Waals surface area contributed by atoms with E-state index < -0.39 is 0 Å². The first-order valence-electron chi connectivity index (χ1n) is 1.70. The summed E-state index contributed by atoms with van der Waals surface area (Å²) in [7, 11) is 0. The minimum atomic E-state index is 0.409. The van der Waals surface area contributed by atoms with Crippen LogP contribution in [0.5, 0.6) is 0 Å². The number of furan rings is 1. The SMILES string of the molecule is Clc1ccc(Br)o1. The first kappa shape index (κ1) is 5.19. The fourth-order valence-electron chi connectivity index (χ4n) is 0.292. The maximum atomic E-state index is 5.36. The lowest BCUT2D eigenvalue weighted by Gasteiger charge is -1.71. The van der Waals surface area contributed by atoms with Crippen molar-refractivity contribution in [2.45, 2.75) is 0 Å². The Hall–Kier alpha value is 0.0500. The minimum absolute atomic E-state index is 0.409. The van der Waals surface area contributed by atoms with Gasteiger partial charge in [0.25, 0.3) is 0 Å². The van der Waals surface area contributed by atoms with E-state index in [9.17, 15) is 0 Å². The Morgan fingerprint density at radius 3 is 2.43 bits per heavy atom. The van der Waals surface area contributed by atoms with Crippen molar-refractivity contribution in [3.8, 4) is 0 Å². The highest BCUT2D eigenvalue weighted by Crippen LogP contribution is 2.17. The van der Waals surface area contributed by atoms with Gasteiger partial charge in [-0.3, -0.25) is 0 Å². The van der Waals surface area contributed by atoms with Crippen LogP contribution in [0.4, 0.5) is 0 Å². The highest BCUT2D eigenvalue weighted by molar-refractivity contribution is 9.10. The molecule has 0 aliphatic heterocycles. The summed E-state index contributed by atoms with van der Waals surface area (Å²) in [5, 5.41) is 0.409. The summed E-state index contributed by atoms with van der Waals surface area (Å²) >= 11 is 8.44. The van der Waals surface area contributed by atoms with Gasteiger partial charge in [-0.05, 0) is 39.7 Å². The Morgan fingerprint density at radius 1 is 1.57 bits per heavy atom. The van der Waals surface area contributed by atoms with Gasteiger partial charge in [-0.1, -0.05) is 0 Å². The molecule has 0 aliphatic carbocycles. The van der Waals surface area contributed by atoms with Crippen molar-refractivity contribution in [3.05, 3.63) is 22.0 Å². The van der Waals surface area contributed by atoms with Crippen LogP contribution in [-0.2, 0) is 0 Å². The fourth-order valence-corrected chi connectivity index (χ4v) is 0.838. The van der Waals surface area contributed by atoms with Gasteiger partial charge in [0.05, 0.1) is 0 Å². The topological polar surface area (TPSA) is 13.1 Å². The van der Waals surface area contributed by atoms with Crippen LogP contribution in [0, 0.1) is 0 Å². The van der Waals surface area contributed by atoms with Gasteiger partial charge in [0.1, 0.15) is 0 Å². The van der Waals surface area contributed by atoms with Crippen molar-refractivity contribution >= 4 is 27.5 Å². The van der Waals surface area contributed by atoms with Crippen LogP contribution in [0.3, 0.4) is 0 Å². The summed E-state index contributed by atoms with van der Waals surface area (Å²) in [6.07, 6.45) is 0. The molecule has 38 valence electrons. The van der Waals surface area contributed by atoms with Crippen molar-refractivity contribution in [2.75, 3.05) is 0 Å². The van der Waals surface area contributed by atoms with Crippen LogP contribution < -0.4 is 0 Å². The fraction of sp³-hybridized carbons (Fsp3) is 0. The summed E-state index contributed by atoms with van der Waals surface area (Å²) < 4.78 is 5.43. The van der Waals surface area contributed by atoms with Crippen LogP contribution in [0.2, 0.25) is 5.22 Å². The quantitative estimate of drug-likeness (QED) is 0.600. The zero-order valence-electron chi connectivity index (χ0n) is 3.32. The second kappa shape index (κ2) is 1.88. The Labute approximate surface area is 54.4 Å². The molecule has 0 radical (unpaired) electrons. The van der Waals surface area contributed by atoms with Gasteiger partial charge in [0.15, 0.2) is 9.89 Å². The lowest BCUT2D eigenvalue weighted by atomic mass is 10.7. The van der Waals surface area contributed by atoms with Gasteiger partial charge in [-0.25, -0.2) is 0 Å². The molecule has 0 bridgehead atoms. The Kier molecular flexibility index (Phi) is 1.40. The highest BCUT2D eigenvalue weighted by Gasteiger charge is 1.90. The predicted molar refractivity (Wildman–Crippen MR) is 31.4 cm³/mol. The van der Waals surface area contributed by atoms with Crippen LogP contribution in [0.25, 0.3) is 0 Å². The third-order valence-electron chi connectivity index (χ3n) is 0.540. The van der Waals surface area contributed by atoms with Crippen molar-refractivity contribution in [1.29, 1.82) is 0 Å². The number of hydrogen-bond acceptors (Lipinski definition) is 1. The van der Waals surface area contributed by atoms with Crippen molar-refractivity contribution in [1.82, 2.24) is 0 Å². The maximum absolute atomic E-state index is 5.36. The summed E-state index contributed by atoms with van der Waals surface area (Å²) in [6.45, 7) is 0. The molecule has 1 aromatic heterocycles. The monoisotopic (exact) mass is 180 g/mol. The van der Waals surface area contributed by atoms with Gasteiger partial charge in [0, 0.05) is 0 Å². The largest absolute Gasteiger partial charge is 0.438 e. The lowest BCUT2D eigenvalue weighted by Crippen LogP contribution is -1.39. The zero-order valence-corrected chi connectivity index (χ0v) is 5.66. The van der Waals surface area contributed by atoms with E-state index in [2.05, 4.69) is 15.9 Å². The van der Waals surface area contributed by atoms with E-state index in [0.717, 1.165) is 0 Å². The summed E-state index contributed by atoms with van der Waals surface area (Å²) in [5.41, 5.74) is 0. The molecule has 0 saturated carbocycles. The molecule has 0 amide bonds. The van der Waals surface area contributed by atoms with E-state index in [-0.39, 0.29) is 0 Å². The highest BCUT2D eigenvalue weighted by atomic mass is 79.9. The molecule has 1 rings (SSSR count). The zero-order chi connectivity index (χ0) is 5.28. The lowest BCUT2D eigenvalue weighted by molar-refractivity contribution is 0.543. The van der Waals surface area contributed by atoms with Crippen molar-refractivity contribution in [3.63, 3.8) is 0 Å². The number of rotatable bonds is 0. The standard InChI is InChI=1S/C4H2BrClO/c5-3-1-2-4(6)7-3/h1-2H. The van der Waals surface area contributed by atoms with Gasteiger partial charge in [-0.2, -0.15) is 0 Å². The number of hydrogen-bond donors (Lipinski definition) is 0. The van der Waals surface area contributed by atoms with Gasteiger partial charge < -0.3 is 4.42 Å². The smallest absolute Gasteiger partial charge is 0.194 e. The minimum Gasteiger partial charge on any atom is -0.438 e. The molecular weight excluding hydrogens is 179 g/mol. The van der Waals surface area contributed by atoms with Gasteiger partial charge in [0.2, 0.25) is 0 Å². The molecule has 0 aliphatic rings. The Morgan fingerprint density at radius 2 is 2.29 bits per heavy atom. The normalized spacial score (nSPS) is 9.43. The first-order chi connectivity index (χ1) is 3.29. The molecule has 1 aromatic rings. The van der Waals surface area contributed by atoms with E-state index in [4.69, 9.17) is 16.0 Å². The molecule has 7 heavy (non-hydrogen) atoms. The molecule has 1 heterocycles. The van der Waals surface area contributed by atoms with Crippen LogP contribution >= 0.6 is 27.5 Å². The summed E-state index contributed by atoms with van der Waals surface area (Å²) in [6, 6.07) is 3.41. The van der Waals surface area contributed by atoms with E-state index in [1.54, 1.807) is 12.1 Å². The Balaban J connectivity index is 3.04. The van der Waals surface area contributed by atoms with Crippen molar-refractivity contribution < 1.29 is 4.42 Å². The summed E-state index contributed by atoms with van der Waals surface area (Å²) in [4.78, 5) is 0.